The van der Waals surface area contributed by atoms with E-state index in [1.807, 2.05) is 19.9 Å². The van der Waals surface area contributed by atoms with Crippen LogP contribution in [-0.2, 0) is 0 Å². The molecule has 0 spiro atoms. The molecule has 0 heterocycles. The summed E-state index contributed by atoms with van der Waals surface area (Å²) in [4.78, 5) is 0. The molecule has 0 saturated heterocycles. The highest BCUT2D eigenvalue weighted by Crippen LogP contribution is 2.21. The van der Waals surface area contributed by atoms with Crippen LogP contribution in [0.2, 0.25) is 0 Å². The van der Waals surface area contributed by atoms with Crippen molar-refractivity contribution in [1.29, 1.82) is 0 Å². The van der Waals surface area contributed by atoms with Gasteiger partial charge < -0.3 is 15.2 Å². The van der Waals surface area contributed by atoms with E-state index >= 15 is 0 Å². The third-order valence-corrected chi connectivity index (χ3v) is 2.32. The second-order valence-electron chi connectivity index (χ2n) is 3.52. The lowest BCUT2D eigenvalue weighted by Gasteiger charge is -2.14. The zero-order valence-electron chi connectivity index (χ0n) is 9.66. The molecule has 1 aromatic carbocycles. The fraction of sp³-hybridized carbons (Fsp3) is 0.500. The van der Waals surface area contributed by atoms with Gasteiger partial charge in [0.2, 0.25) is 0 Å². The minimum absolute atomic E-state index is 0.0114. The molecule has 0 aromatic heterocycles. The molecule has 0 radical (unpaired) electrons. The van der Waals surface area contributed by atoms with Gasteiger partial charge in [0.1, 0.15) is 0 Å². The molecule has 1 aromatic rings. The molecule has 0 saturated carbocycles. The van der Waals surface area contributed by atoms with Crippen molar-refractivity contribution >= 4 is 0 Å². The smallest absolute Gasteiger partial charge is 0.165 e. The molecule has 0 bridgehead atoms. The lowest BCUT2D eigenvalue weighted by Crippen LogP contribution is -2.22. The Morgan fingerprint density at radius 1 is 1.50 bits per heavy atom. The van der Waals surface area contributed by atoms with Gasteiger partial charge in [-0.1, -0.05) is 6.07 Å². The Morgan fingerprint density at radius 3 is 2.81 bits per heavy atom. The van der Waals surface area contributed by atoms with E-state index in [1.165, 1.54) is 6.07 Å². The summed E-state index contributed by atoms with van der Waals surface area (Å²) in [5, 5.41) is 11.7. The summed E-state index contributed by atoms with van der Waals surface area (Å²) < 4.78 is 18.6. The van der Waals surface area contributed by atoms with Crippen LogP contribution in [0.15, 0.2) is 18.2 Å². The molecule has 16 heavy (non-hydrogen) atoms. The van der Waals surface area contributed by atoms with E-state index < -0.39 is 0 Å². The van der Waals surface area contributed by atoms with Crippen molar-refractivity contribution in [2.45, 2.75) is 19.9 Å². The van der Waals surface area contributed by atoms with E-state index in [9.17, 15) is 4.39 Å². The van der Waals surface area contributed by atoms with Crippen LogP contribution < -0.4 is 10.1 Å². The van der Waals surface area contributed by atoms with Crippen molar-refractivity contribution in [1.82, 2.24) is 5.32 Å². The highest BCUT2D eigenvalue weighted by molar-refractivity contribution is 5.30. The predicted molar refractivity (Wildman–Crippen MR) is 61.1 cm³/mol. The molecular formula is C12H18FNO2. The van der Waals surface area contributed by atoms with Gasteiger partial charge in [0.05, 0.1) is 13.2 Å². The van der Waals surface area contributed by atoms with Crippen LogP contribution in [0.25, 0.3) is 0 Å². The van der Waals surface area contributed by atoms with Gasteiger partial charge >= 0.3 is 0 Å². The van der Waals surface area contributed by atoms with Gasteiger partial charge in [-0.15, -0.1) is 0 Å². The van der Waals surface area contributed by atoms with Gasteiger partial charge in [0.15, 0.2) is 11.6 Å². The summed E-state index contributed by atoms with van der Waals surface area (Å²) in [6.07, 6.45) is 0. The van der Waals surface area contributed by atoms with E-state index in [0.717, 1.165) is 5.56 Å². The van der Waals surface area contributed by atoms with Crippen LogP contribution in [0.4, 0.5) is 4.39 Å². The van der Waals surface area contributed by atoms with Crippen molar-refractivity contribution < 1.29 is 14.2 Å². The van der Waals surface area contributed by atoms with Crippen molar-refractivity contribution in [2.75, 3.05) is 19.8 Å². The Balaban J connectivity index is 2.71. The third-order valence-electron chi connectivity index (χ3n) is 2.32. The summed E-state index contributed by atoms with van der Waals surface area (Å²) in [5.74, 6) is -0.0717. The molecule has 0 aliphatic rings. The van der Waals surface area contributed by atoms with Gasteiger partial charge in [-0.3, -0.25) is 0 Å². The van der Waals surface area contributed by atoms with Crippen LogP contribution >= 0.6 is 0 Å². The SMILES string of the molecule is CCOc1ccc([C@H](C)NCCO)cc1F. The number of aliphatic hydroxyl groups is 1. The quantitative estimate of drug-likeness (QED) is 0.779. The zero-order valence-corrected chi connectivity index (χ0v) is 9.66. The summed E-state index contributed by atoms with van der Waals surface area (Å²) in [6, 6.07) is 4.92. The first-order valence-electron chi connectivity index (χ1n) is 5.45. The Labute approximate surface area is 95.2 Å². The third kappa shape index (κ3) is 3.47. The average molecular weight is 227 g/mol. The maximum atomic E-state index is 13.5. The van der Waals surface area contributed by atoms with Crippen LogP contribution in [0, 0.1) is 5.82 Å². The van der Waals surface area contributed by atoms with E-state index in [1.54, 1.807) is 6.07 Å². The fourth-order valence-corrected chi connectivity index (χ4v) is 1.46. The molecule has 0 fully saturated rings. The first kappa shape index (κ1) is 12.9. The average Bonchev–Trinajstić information content (AvgIpc) is 2.29. The Bertz CT molecular complexity index is 331. The van der Waals surface area contributed by atoms with E-state index in [0.29, 0.717) is 13.2 Å². The Kier molecular flexibility index (Phi) is 5.22. The van der Waals surface area contributed by atoms with Gasteiger partial charge in [0.25, 0.3) is 0 Å². The maximum absolute atomic E-state index is 13.5. The molecule has 0 aliphatic carbocycles. The maximum Gasteiger partial charge on any atom is 0.165 e. The van der Waals surface area contributed by atoms with Crippen LogP contribution in [0.3, 0.4) is 0 Å². The Hall–Kier alpha value is -1.13. The number of halogens is 1. The zero-order chi connectivity index (χ0) is 12.0. The second-order valence-corrected chi connectivity index (χ2v) is 3.52. The number of benzene rings is 1. The molecule has 3 nitrogen and oxygen atoms in total. The van der Waals surface area contributed by atoms with Crippen molar-refractivity contribution in [3.63, 3.8) is 0 Å². The molecule has 4 heteroatoms. The Morgan fingerprint density at radius 2 is 2.25 bits per heavy atom. The monoisotopic (exact) mass is 227 g/mol. The first-order valence-corrected chi connectivity index (χ1v) is 5.45. The number of hydrogen-bond acceptors (Lipinski definition) is 3. The molecular weight excluding hydrogens is 209 g/mol. The highest BCUT2D eigenvalue weighted by atomic mass is 19.1. The van der Waals surface area contributed by atoms with Crippen molar-refractivity contribution in [3.05, 3.63) is 29.6 Å². The highest BCUT2D eigenvalue weighted by Gasteiger charge is 2.08. The summed E-state index contributed by atoms with van der Waals surface area (Å²) in [6.45, 7) is 4.76. The second kappa shape index (κ2) is 6.45. The molecule has 2 N–H and O–H groups in total. The summed E-state index contributed by atoms with van der Waals surface area (Å²) in [7, 11) is 0. The first-order chi connectivity index (χ1) is 7.69. The summed E-state index contributed by atoms with van der Waals surface area (Å²) in [5.41, 5.74) is 0.842. The van der Waals surface area contributed by atoms with Crippen LogP contribution in [0.5, 0.6) is 5.75 Å². The van der Waals surface area contributed by atoms with E-state index in [2.05, 4.69) is 5.32 Å². The van der Waals surface area contributed by atoms with Crippen molar-refractivity contribution in [3.8, 4) is 5.75 Å². The van der Waals surface area contributed by atoms with Gasteiger partial charge in [-0.25, -0.2) is 4.39 Å². The fourth-order valence-electron chi connectivity index (χ4n) is 1.46. The molecule has 1 atom stereocenters. The number of hydrogen-bond donors (Lipinski definition) is 2. The number of nitrogens with one attached hydrogen (secondary N) is 1. The topological polar surface area (TPSA) is 41.5 Å². The van der Waals surface area contributed by atoms with Gasteiger partial charge in [0, 0.05) is 12.6 Å². The van der Waals surface area contributed by atoms with Crippen LogP contribution in [-0.4, -0.2) is 24.9 Å². The molecule has 1 rings (SSSR count). The molecule has 90 valence electrons. The number of ether oxygens (including phenoxy) is 1. The van der Waals surface area contributed by atoms with E-state index in [-0.39, 0.29) is 24.2 Å². The molecule has 0 amide bonds. The van der Waals surface area contributed by atoms with Gasteiger partial charge in [-0.05, 0) is 31.5 Å². The lowest BCUT2D eigenvalue weighted by molar-refractivity contribution is 0.286. The molecule has 0 unspecified atom stereocenters. The van der Waals surface area contributed by atoms with Crippen molar-refractivity contribution in [2.24, 2.45) is 0 Å². The minimum atomic E-state index is -0.350. The largest absolute Gasteiger partial charge is 0.491 e. The minimum Gasteiger partial charge on any atom is -0.491 e. The van der Waals surface area contributed by atoms with Crippen LogP contribution in [0.1, 0.15) is 25.5 Å². The number of rotatable bonds is 6. The van der Waals surface area contributed by atoms with E-state index in [4.69, 9.17) is 9.84 Å². The molecule has 0 aliphatic heterocycles. The standard InChI is InChI=1S/C12H18FNO2/c1-3-16-12-5-4-10(8-11(12)13)9(2)14-6-7-15/h4-5,8-9,14-15H,3,6-7H2,1-2H3/t9-/m0/s1. The number of aliphatic hydroxyl groups excluding tert-OH is 1. The van der Waals surface area contributed by atoms with Gasteiger partial charge in [-0.2, -0.15) is 0 Å². The predicted octanol–water partition coefficient (Wildman–Crippen LogP) is 1.87. The lowest BCUT2D eigenvalue weighted by atomic mass is 10.1. The normalized spacial score (nSPS) is 12.5. The summed E-state index contributed by atoms with van der Waals surface area (Å²) >= 11 is 0.